The highest BCUT2D eigenvalue weighted by Gasteiger charge is 2.04. The number of halogens is 2. The molecule has 2 N–H and O–H groups in total. The fourth-order valence-electron chi connectivity index (χ4n) is 1.22. The molecule has 0 fully saturated rings. The van der Waals surface area contributed by atoms with Gasteiger partial charge in [0.25, 0.3) is 0 Å². The quantitative estimate of drug-likeness (QED) is 0.319. The van der Waals surface area contributed by atoms with Gasteiger partial charge >= 0.3 is 0 Å². The third kappa shape index (κ3) is 3.55. The maximum Gasteiger partial charge on any atom is 0.192 e. The Hall–Kier alpha value is -0.900. The predicted octanol–water partition coefficient (Wildman–Crippen LogP) is 3.98. The number of benzene rings is 2. The van der Waals surface area contributed by atoms with E-state index >= 15 is 0 Å². The van der Waals surface area contributed by atoms with Crippen LogP contribution in [0.25, 0.3) is 0 Å². The van der Waals surface area contributed by atoms with Crippen molar-refractivity contribution in [3.05, 3.63) is 46.0 Å². The van der Waals surface area contributed by atoms with Crippen molar-refractivity contribution in [2.45, 2.75) is 0 Å². The molecule has 18 heavy (non-hydrogen) atoms. The van der Waals surface area contributed by atoms with Gasteiger partial charge in [-0.05, 0) is 65.1 Å². The van der Waals surface area contributed by atoms with Gasteiger partial charge in [0.1, 0.15) is 5.75 Å². The Morgan fingerprint density at radius 3 is 2.17 bits per heavy atom. The van der Waals surface area contributed by atoms with Crippen molar-refractivity contribution in [1.82, 2.24) is 0 Å². The van der Waals surface area contributed by atoms with Gasteiger partial charge in [-0.25, -0.2) is 0 Å². The van der Waals surface area contributed by atoms with Crippen LogP contribution in [0.3, 0.4) is 0 Å². The maximum atomic E-state index is 5.65. The molecule has 0 bridgehead atoms. The van der Waals surface area contributed by atoms with Gasteiger partial charge in [0.15, 0.2) is 34.5 Å². The molecule has 0 spiro atoms. The third-order valence-electron chi connectivity index (χ3n) is 2.10. The van der Waals surface area contributed by atoms with Crippen LogP contribution in [0, 0.1) is 3.57 Å². The summed E-state index contributed by atoms with van der Waals surface area (Å²) in [6.07, 6.45) is 0. The predicted molar refractivity (Wildman–Crippen MR) is 85.9 cm³/mol. The van der Waals surface area contributed by atoms with Gasteiger partial charge in [-0.1, -0.05) is 0 Å². The molecule has 0 aliphatic rings. The highest BCUT2D eigenvalue weighted by atomic mass is 127. The van der Waals surface area contributed by atoms with E-state index in [9.17, 15) is 0 Å². The smallest absolute Gasteiger partial charge is 0.192 e. The largest absolute Gasteiger partial charge is 0.428 e. The molecule has 0 amide bonds. The van der Waals surface area contributed by atoms with E-state index in [1.54, 1.807) is 36.4 Å². The average molecular weight is 469 g/mol. The molecule has 0 radical (unpaired) electrons. The fraction of sp³-hybridized carbons (Fsp3) is 0. The van der Waals surface area contributed by atoms with Crippen molar-refractivity contribution in [2.24, 2.45) is 0 Å². The lowest BCUT2D eigenvalue weighted by atomic mass is 10.3. The van der Waals surface area contributed by atoms with E-state index in [-0.39, 0.29) is 0 Å². The Morgan fingerprint density at radius 2 is 1.56 bits per heavy atom. The van der Waals surface area contributed by atoms with Crippen molar-refractivity contribution in [3.63, 3.8) is 0 Å². The minimum Gasteiger partial charge on any atom is -0.428 e. The van der Waals surface area contributed by atoms with Gasteiger partial charge in [-0.2, -0.15) is 0 Å². The van der Waals surface area contributed by atoms with Crippen LogP contribution in [-0.2, 0) is 0 Å². The minimum absolute atomic E-state index is 0.597. The molecule has 6 heteroatoms. The highest BCUT2D eigenvalue weighted by Crippen LogP contribution is 2.25. The average Bonchev–Trinajstić information content (AvgIpc) is 2.38. The van der Waals surface area contributed by atoms with Gasteiger partial charge in [0, 0.05) is 5.69 Å². The van der Waals surface area contributed by atoms with E-state index in [1.165, 1.54) is 0 Å². The SMILES string of the molecule is Nc1ccc(OOc2ccc(OI)cc2)c(I)c1. The second-order valence-electron chi connectivity index (χ2n) is 3.41. The second-order valence-corrected chi connectivity index (χ2v) is 5.01. The first-order valence-electron chi connectivity index (χ1n) is 4.97. The van der Waals surface area contributed by atoms with E-state index < -0.39 is 0 Å². The fourth-order valence-corrected chi connectivity index (χ4v) is 2.15. The zero-order valence-corrected chi connectivity index (χ0v) is 13.4. The molecule has 2 aromatic rings. The van der Waals surface area contributed by atoms with Crippen molar-refractivity contribution >= 4 is 51.3 Å². The molecule has 94 valence electrons. The standard InChI is InChI=1S/C12H9I2NO3/c13-11-7-8(15)1-6-12(11)18-17-10-4-2-9(16-14)3-5-10/h1-7H,15H2. The van der Waals surface area contributed by atoms with Crippen LogP contribution in [0.15, 0.2) is 42.5 Å². The molecule has 0 unspecified atom stereocenters. The Labute approximate surface area is 132 Å². The molecule has 0 aromatic heterocycles. The number of nitrogens with two attached hydrogens (primary N) is 1. The molecular weight excluding hydrogens is 460 g/mol. The topological polar surface area (TPSA) is 53.7 Å². The summed E-state index contributed by atoms with van der Waals surface area (Å²) < 4.78 is 5.91. The van der Waals surface area contributed by atoms with Crippen LogP contribution in [0.1, 0.15) is 0 Å². The molecule has 0 aliphatic heterocycles. The van der Waals surface area contributed by atoms with Gasteiger partial charge < -0.3 is 8.80 Å². The summed E-state index contributed by atoms with van der Waals surface area (Å²) in [6.45, 7) is 0. The van der Waals surface area contributed by atoms with Crippen LogP contribution in [-0.4, -0.2) is 0 Å². The van der Waals surface area contributed by atoms with E-state index in [1.807, 2.05) is 29.1 Å². The highest BCUT2D eigenvalue weighted by molar-refractivity contribution is 14.1. The van der Waals surface area contributed by atoms with E-state index in [4.69, 9.17) is 18.6 Å². The maximum absolute atomic E-state index is 5.65. The number of hydrogen-bond donors (Lipinski definition) is 1. The first-order valence-corrected chi connectivity index (χ1v) is 6.93. The van der Waals surface area contributed by atoms with Crippen LogP contribution in [0.2, 0.25) is 0 Å². The molecule has 0 heterocycles. The normalized spacial score (nSPS) is 9.89. The van der Waals surface area contributed by atoms with Crippen LogP contribution >= 0.6 is 45.6 Å². The summed E-state index contributed by atoms with van der Waals surface area (Å²) in [5.41, 5.74) is 6.34. The van der Waals surface area contributed by atoms with Gasteiger partial charge in [0.05, 0.1) is 3.57 Å². The number of anilines is 1. The van der Waals surface area contributed by atoms with Crippen LogP contribution in [0.5, 0.6) is 17.2 Å². The van der Waals surface area contributed by atoms with Gasteiger partial charge in [-0.3, -0.25) is 9.78 Å². The summed E-state index contributed by atoms with van der Waals surface area (Å²) >= 11 is 3.95. The second kappa shape index (κ2) is 6.32. The molecule has 2 aromatic carbocycles. The van der Waals surface area contributed by atoms with Gasteiger partial charge in [-0.15, -0.1) is 0 Å². The van der Waals surface area contributed by atoms with E-state index in [0.717, 1.165) is 9.32 Å². The molecule has 2 rings (SSSR count). The van der Waals surface area contributed by atoms with Crippen LogP contribution in [0.4, 0.5) is 5.69 Å². The first-order chi connectivity index (χ1) is 8.69. The zero-order chi connectivity index (χ0) is 13.0. The van der Waals surface area contributed by atoms with Crippen molar-refractivity contribution < 1.29 is 12.8 Å². The van der Waals surface area contributed by atoms with Crippen molar-refractivity contribution in [3.8, 4) is 17.2 Å². The molecule has 0 atom stereocenters. The third-order valence-corrected chi connectivity index (χ3v) is 3.45. The van der Waals surface area contributed by atoms with E-state index in [2.05, 4.69) is 22.6 Å². The summed E-state index contributed by atoms with van der Waals surface area (Å²) in [4.78, 5) is 10.5. The Morgan fingerprint density at radius 1 is 0.889 bits per heavy atom. The summed E-state index contributed by atoms with van der Waals surface area (Å²) in [7, 11) is 0. The van der Waals surface area contributed by atoms with Crippen LogP contribution < -0.4 is 18.6 Å². The zero-order valence-electron chi connectivity index (χ0n) is 9.10. The minimum atomic E-state index is 0.597. The Kier molecular flexibility index (Phi) is 4.75. The van der Waals surface area contributed by atoms with Gasteiger partial charge in [0.2, 0.25) is 0 Å². The van der Waals surface area contributed by atoms with E-state index in [0.29, 0.717) is 17.2 Å². The molecule has 0 aliphatic carbocycles. The number of rotatable bonds is 4. The molecular formula is C12H9I2NO3. The lowest BCUT2D eigenvalue weighted by molar-refractivity contribution is -0.101. The molecule has 4 nitrogen and oxygen atoms in total. The summed E-state index contributed by atoms with van der Waals surface area (Å²) in [5, 5.41) is 0. The lowest BCUT2D eigenvalue weighted by Crippen LogP contribution is -2.02. The monoisotopic (exact) mass is 469 g/mol. The van der Waals surface area contributed by atoms with Crippen molar-refractivity contribution in [1.29, 1.82) is 0 Å². The first kappa shape index (κ1) is 13.5. The number of nitrogen functional groups attached to an aromatic ring is 1. The summed E-state index contributed by atoms with van der Waals surface area (Å²) in [5.74, 6) is 1.98. The molecule has 0 saturated heterocycles. The summed E-state index contributed by atoms with van der Waals surface area (Å²) in [6, 6.07) is 12.4. The molecule has 0 saturated carbocycles. The Balaban J connectivity index is 2.02. The van der Waals surface area contributed by atoms with Crippen molar-refractivity contribution in [2.75, 3.05) is 5.73 Å². The Bertz CT molecular complexity index is 531. The lowest BCUT2D eigenvalue weighted by Gasteiger charge is -2.08. The number of hydrogen-bond acceptors (Lipinski definition) is 4.